The van der Waals surface area contributed by atoms with Gasteiger partial charge in [0.2, 0.25) is 5.91 Å². The minimum atomic E-state index is -0.156. The quantitative estimate of drug-likeness (QED) is 0.574. The van der Waals surface area contributed by atoms with Gasteiger partial charge in [-0.25, -0.2) is 0 Å². The van der Waals surface area contributed by atoms with Crippen molar-refractivity contribution in [3.63, 3.8) is 0 Å². The lowest BCUT2D eigenvalue weighted by atomic mass is 10.1. The first kappa shape index (κ1) is 22.9. The van der Waals surface area contributed by atoms with Gasteiger partial charge in [-0.05, 0) is 36.5 Å². The number of benzene rings is 1. The number of aromatic nitrogens is 2. The van der Waals surface area contributed by atoms with E-state index in [1.165, 1.54) is 0 Å². The molecule has 8 heteroatoms. The van der Waals surface area contributed by atoms with Crippen LogP contribution in [0.15, 0.2) is 12.1 Å². The van der Waals surface area contributed by atoms with Gasteiger partial charge in [0, 0.05) is 13.6 Å². The average molecular weight is 447 g/mol. The number of carbonyl (C=O) groups excluding carboxylic acids is 1. The zero-order valence-electron chi connectivity index (χ0n) is 16.6. The van der Waals surface area contributed by atoms with Gasteiger partial charge >= 0.3 is 0 Å². The van der Waals surface area contributed by atoms with Crippen molar-refractivity contribution in [1.29, 1.82) is 0 Å². The van der Waals surface area contributed by atoms with E-state index in [0.29, 0.717) is 45.6 Å². The zero-order chi connectivity index (χ0) is 20.8. The van der Waals surface area contributed by atoms with Crippen LogP contribution in [-0.4, -0.2) is 22.3 Å². The fourth-order valence-corrected chi connectivity index (χ4v) is 3.68. The standard InChI is InChI=1S/C20H26Cl3N3O2/c1-5-16-19(23)17(26(4)25-16)10-18(27)24-11-13-8-14(21)20(15(22)9-13)28-7-6-12(2)3/h8-9,12H,5-7,10-11H2,1-4H3,(H,24,27). The molecule has 1 heterocycles. The molecule has 1 amide bonds. The maximum absolute atomic E-state index is 12.3. The van der Waals surface area contributed by atoms with Gasteiger partial charge in [0.25, 0.3) is 0 Å². The molecule has 0 aliphatic rings. The molecule has 2 aromatic rings. The summed E-state index contributed by atoms with van der Waals surface area (Å²) in [6.07, 6.45) is 1.79. The van der Waals surface area contributed by atoms with Crippen LogP contribution in [0, 0.1) is 5.92 Å². The Bertz CT molecular complexity index is 811. The van der Waals surface area contributed by atoms with Gasteiger partial charge in [-0.3, -0.25) is 9.48 Å². The molecule has 0 saturated carbocycles. The third-order valence-electron chi connectivity index (χ3n) is 4.32. The van der Waals surface area contributed by atoms with E-state index in [2.05, 4.69) is 24.3 Å². The molecule has 1 aromatic carbocycles. The molecule has 154 valence electrons. The molecule has 2 rings (SSSR count). The van der Waals surface area contributed by atoms with E-state index in [1.54, 1.807) is 23.9 Å². The van der Waals surface area contributed by atoms with Crippen molar-refractivity contribution in [1.82, 2.24) is 15.1 Å². The highest BCUT2D eigenvalue weighted by molar-refractivity contribution is 6.37. The molecule has 0 aliphatic carbocycles. The summed E-state index contributed by atoms with van der Waals surface area (Å²) in [5.41, 5.74) is 2.28. The first-order chi connectivity index (χ1) is 13.2. The summed E-state index contributed by atoms with van der Waals surface area (Å²) < 4.78 is 7.35. The number of hydrogen-bond acceptors (Lipinski definition) is 3. The first-order valence-electron chi connectivity index (χ1n) is 9.30. The number of halogens is 3. The molecule has 1 aromatic heterocycles. The summed E-state index contributed by atoms with van der Waals surface area (Å²) in [7, 11) is 1.78. The molecule has 0 fully saturated rings. The summed E-state index contributed by atoms with van der Waals surface area (Å²) in [5.74, 6) is 0.859. The maximum Gasteiger partial charge on any atom is 0.226 e. The number of rotatable bonds is 9. The van der Waals surface area contributed by atoms with Crippen molar-refractivity contribution < 1.29 is 9.53 Å². The highest BCUT2D eigenvalue weighted by Gasteiger charge is 2.16. The Balaban J connectivity index is 1.97. The third kappa shape index (κ3) is 6.03. The Morgan fingerprint density at radius 2 is 1.89 bits per heavy atom. The summed E-state index contributed by atoms with van der Waals surface area (Å²) in [6.45, 7) is 7.08. The van der Waals surface area contributed by atoms with Crippen molar-refractivity contribution in [2.45, 2.75) is 46.6 Å². The second kappa shape index (κ2) is 10.4. The Kier molecular flexibility index (Phi) is 8.47. The van der Waals surface area contributed by atoms with E-state index in [-0.39, 0.29) is 12.3 Å². The lowest BCUT2D eigenvalue weighted by Crippen LogP contribution is -2.25. The SMILES string of the molecule is CCc1nn(C)c(CC(=O)NCc2cc(Cl)c(OCCC(C)C)c(Cl)c2)c1Cl. The molecule has 0 radical (unpaired) electrons. The molecule has 0 bridgehead atoms. The van der Waals surface area contributed by atoms with Gasteiger partial charge in [-0.15, -0.1) is 0 Å². The molecule has 0 spiro atoms. The van der Waals surface area contributed by atoms with E-state index in [9.17, 15) is 4.79 Å². The summed E-state index contributed by atoms with van der Waals surface area (Å²) in [4.78, 5) is 12.3. The second-order valence-electron chi connectivity index (χ2n) is 7.06. The van der Waals surface area contributed by atoms with Gasteiger partial charge < -0.3 is 10.1 Å². The molecule has 0 unspecified atom stereocenters. The van der Waals surface area contributed by atoms with Crippen molar-refractivity contribution in [3.05, 3.63) is 44.2 Å². The van der Waals surface area contributed by atoms with Crippen LogP contribution in [0.2, 0.25) is 15.1 Å². The summed E-state index contributed by atoms with van der Waals surface area (Å²) in [5, 5.41) is 8.60. The van der Waals surface area contributed by atoms with Gasteiger partial charge in [0.1, 0.15) is 0 Å². The monoisotopic (exact) mass is 445 g/mol. The van der Waals surface area contributed by atoms with Crippen LogP contribution < -0.4 is 10.1 Å². The highest BCUT2D eigenvalue weighted by Crippen LogP contribution is 2.34. The van der Waals surface area contributed by atoms with Crippen LogP contribution in [0.3, 0.4) is 0 Å². The number of carbonyl (C=O) groups is 1. The predicted octanol–water partition coefficient (Wildman–Crippen LogP) is 5.23. The van der Waals surface area contributed by atoms with E-state index in [0.717, 1.165) is 24.1 Å². The molecule has 0 atom stereocenters. The van der Waals surface area contributed by atoms with E-state index in [1.807, 2.05) is 6.92 Å². The lowest BCUT2D eigenvalue weighted by molar-refractivity contribution is -0.120. The Morgan fingerprint density at radius 3 is 2.43 bits per heavy atom. The predicted molar refractivity (Wildman–Crippen MR) is 115 cm³/mol. The number of hydrogen-bond donors (Lipinski definition) is 1. The molecular weight excluding hydrogens is 421 g/mol. The van der Waals surface area contributed by atoms with Crippen molar-refractivity contribution in [2.75, 3.05) is 6.61 Å². The summed E-state index contributed by atoms with van der Waals surface area (Å²) in [6, 6.07) is 3.51. The zero-order valence-corrected chi connectivity index (χ0v) is 18.9. The van der Waals surface area contributed by atoms with E-state index >= 15 is 0 Å². The minimum Gasteiger partial charge on any atom is -0.490 e. The van der Waals surface area contributed by atoms with Crippen LogP contribution in [0.1, 0.15) is 44.1 Å². The fraction of sp³-hybridized carbons (Fsp3) is 0.500. The van der Waals surface area contributed by atoms with Crippen LogP contribution in [0.25, 0.3) is 0 Å². The lowest BCUT2D eigenvalue weighted by Gasteiger charge is -2.13. The van der Waals surface area contributed by atoms with Crippen molar-refractivity contribution in [2.24, 2.45) is 13.0 Å². The van der Waals surface area contributed by atoms with E-state index < -0.39 is 0 Å². The smallest absolute Gasteiger partial charge is 0.226 e. The Morgan fingerprint density at radius 1 is 1.25 bits per heavy atom. The van der Waals surface area contributed by atoms with Crippen molar-refractivity contribution >= 4 is 40.7 Å². The van der Waals surface area contributed by atoms with Gasteiger partial charge in [-0.1, -0.05) is 55.6 Å². The fourth-order valence-electron chi connectivity index (χ4n) is 2.68. The van der Waals surface area contributed by atoms with Gasteiger partial charge in [0.15, 0.2) is 5.75 Å². The third-order valence-corrected chi connectivity index (χ3v) is 5.32. The average Bonchev–Trinajstić information content (AvgIpc) is 2.89. The van der Waals surface area contributed by atoms with Crippen molar-refractivity contribution in [3.8, 4) is 5.75 Å². The van der Waals surface area contributed by atoms with Crippen LogP contribution in [-0.2, 0) is 31.2 Å². The summed E-state index contributed by atoms with van der Waals surface area (Å²) >= 11 is 18.9. The Labute approximate surface area is 181 Å². The number of aryl methyl sites for hydroxylation is 2. The normalized spacial score (nSPS) is 11.1. The minimum absolute atomic E-state index is 0.153. The molecule has 0 aliphatic heterocycles. The molecule has 5 nitrogen and oxygen atoms in total. The van der Waals surface area contributed by atoms with Crippen LogP contribution in [0.5, 0.6) is 5.75 Å². The maximum atomic E-state index is 12.3. The Hall–Kier alpha value is -1.43. The first-order valence-corrected chi connectivity index (χ1v) is 10.4. The number of nitrogens with one attached hydrogen (secondary N) is 1. The molecule has 1 N–H and O–H groups in total. The number of amides is 1. The highest BCUT2D eigenvalue weighted by atomic mass is 35.5. The van der Waals surface area contributed by atoms with Gasteiger partial charge in [-0.2, -0.15) is 5.10 Å². The van der Waals surface area contributed by atoms with E-state index in [4.69, 9.17) is 39.5 Å². The topological polar surface area (TPSA) is 56.2 Å². The van der Waals surface area contributed by atoms with Gasteiger partial charge in [0.05, 0.1) is 39.5 Å². The number of ether oxygens (including phenoxy) is 1. The van der Waals surface area contributed by atoms with Crippen LogP contribution >= 0.6 is 34.8 Å². The second-order valence-corrected chi connectivity index (χ2v) is 8.25. The molecule has 28 heavy (non-hydrogen) atoms. The largest absolute Gasteiger partial charge is 0.490 e. The van der Waals surface area contributed by atoms with Crippen LogP contribution in [0.4, 0.5) is 0 Å². The number of nitrogens with zero attached hydrogens (tertiary/aromatic N) is 2. The molecular formula is C20H26Cl3N3O2. The molecule has 0 saturated heterocycles.